The average Bonchev–Trinajstić information content (AvgIpc) is 3.14. The smallest absolute Gasteiger partial charge is 0.363 e. The van der Waals surface area contributed by atoms with Crippen molar-refractivity contribution < 1.29 is 33.3 Å². The van der Waals surface area contributed by atoms with Crippen LogP contribution >= 0.6 is 0 Å². The van der Waals surface area contributed by atoms with E-state index in [0.29, 0.717) is 47.3 Å². The zero-order chi connectivity index (χ0) is 23.1. The molecule has 0 unspecified atom stereocenters. The molecular weight excluding hydrogens is 416 g/mol. The van der Waals surface area contributed by atoms with Gasteiger partial charge in [-0.25, -0.2) is 9.79 Å². The maximum Gasteiger partial charge on any atom is 0.363 e. The summed E-state index contributed by atoms with van der Waals surface area (Å²) >= 11 is 0. The third kappa shape index (κ3) is 5.37. The van der Waals surface area contributed by atoms with Crippen molar-refractivity contribution in [3.63, 3.8) is 0 Å². The lowest BCUT2D eigenvalue weighted by atomic mass is 10.1. The lowest BCUT2D eigenvalue weighted by molar-refractivity contribution is -0.130. The van der Waals surface area contributed by atoms with Crippen LogP contribution < -0.4 is 24.7 Å². The minimum Gasteiger partial charge on any atom is -0.493 e. The van der Waals surface area contributed by atoms with Crippen LogP contribution in [-0.2, 0) is 14.3 Å². The summed E-state index contributed by atoms with van der Waals surface area (Å²) in [6.45, 7) is 4.44. The number of ether oxygens (including phenoxy) is 5. The van der Waals surface area contributed by atoms with E-state index in [4.69, 9.17) is 29.4 Å². The van der Waals surface area contributed by atoms with Crippen molar-refractivity contribution in [3.05, 3.63) is 53.2 Å². The molecule has 0 aromatic heterocycles. The largest absolute Gasteiger partial charge is 0.493 e. The third-order valence-corrected chi connectivity index (χ3v) is 4.27. The van der Waals surface area contributed by atoms with Crippen molar-refractivity contribution in [1.29, 1.82) is 0 Å². The molecule has 9 nitrogen and oxygen atoms in total. The van der Waals surface area contributed by atoms with Crippen LogP contribution in [0.25, 0.3) is 6.08 Å². The second kappa shape index (κ2) is 10.3. The summed E-state index contributed by atoms with van der Waals surface area (Å²) in [5.74, 6) is 0.853. The van der Waals surface area contributed by atoms with Gasteiger partial charge >= 0.3 is 5.97 Å². The van der Waals surface area contributed by atoms with Crippen LogP contribution in [0.1, 0.15) is 25.0 Å². The van der Waals surface area contributed by atoms with Gasteiger partial charge in [-0.2, -0.15) is 0 Å². The van der Waals surface area contributed by atoms with E-state index in [-0.39, 0.29) is 18.2 Å². The molecule has 9 heteroatoms. The number of carbonyl (C=O) groups is 2. The van der Waals surface area contributed by atoms with E-state index < -0.39 is 11.9 Å². The summed E-state index contributed by atoms with van der Waals surface area (Å²) in [6, 6.07) is 10.2. The van der Waals surface area contributed by atoms with E-state index in [9.17, 15) is 9.59 Å². The molecule has 0 spiro atoms. The second-order valence-corrected chi connectivity index (χ2v) is 6.53. The van der Waals surface area contributed by atoms with E-state index in [0.717, 1.165) is 0 Å². The fourth-order valence-electron chi connectivity index (χ4n) is 2.92. The van der Waals surface area contributed by atoms with Crippen molar-refractivity contribution in [2.45, 2.75) is 13.8 Å². The fourth-order valence-corrected chi connectivity index (χ4v) is 2.92. The van der Waals surface area contributed by atoms with E-state index in [2.05, 4.69) is 4.99 Å². The molecule has 0 atom stereocenters. The number of nitrogens with two attached hydrogens (primary N) is 1. The summed E-state index contributed by atoms with van der Waals surface area (Å²) in [7, 11) is 1.46. The van der Waals surface area contributed by atoms with Gasteiger partial charge in [-0.1, -0.05) is 6.07 Å². The Balaban J connectivity index is 1.87. The standard InChI is InChI=1S/C23H24N2O7/c1-4-29-18-9-7-15(12-20(18)30-5-2)22-25-16(23(27)32-22)10-14-6-8-17(19(11-14)28-3)31-13-21(24)26/h6-12H,4-5,13H2,1-3H3,(H2,24,26)/b16-10-. The van der Waals surface area contributed by atoms with Gasteiger partial charge in [0.05, 0.1) is 20.3 Å². The predicted octanol–water partition coefficient (Wildman–Crippen LogP) is 2.70. The summed E-state index contributed by atoms with van der Waals surface area (Å²) in [5, 5.41) is 0. The Hall–Kier alpha value is -4.01. The molecule has 0 bridgehead atoms. The number of nitrogens with zero attached hydrogens (tertiary/aromatic N) is 1. The molecule has 2 aromatic rings. The van der Waals surface area contributed by atoms with Crippen molar-refractivity contribution in [1.82, 2.24) is 0 Å². The highest BCUT2D eigenvalue weighted by Crippen LogP contribution is 2.32. The van der Waals surface area contributed by atoms with Crippen LogP contribution in [-0.4, -0.2) is 44.7 Å². The Kier molecular flexibility index (Phi) is 7.33. The van der Waals surface area contributed by atoms with Gasteiger partial charge in [-0.05, 0) is 55.8 Å². The molecule has 0 saturated carbocycles. The Morgan fingerprint density at radius 2 is 1.69 bits per heavy atom. The molecular formula is C23H24N2O7. The van der Waals surface area contributed by atoms with Crippen LogP contribution in [0.2, 0.25) is 0 Å². The topological polar surface area (TPSA) is 119 Å². The van der Waals surface area contributed by atoms with E-state index in [1.54, 1.807) is 42.5 Å². The number of methoxy groups -OCH3 is 1. The van der Waals surface area contributed by atoms with Gasteiger partial charge in [0.15, 0.2) is 35.3 Å². The average molecular weight is 440 g/mol. The van der Waals surface area contributed by atoms with Crippen molar-refractivity contribution in [3.8, 4) is 23.0 Å². The first-order valence-electron chi connectivity index (χ1n) is 9.96. The minimum absolute atomic E-state index is 0.125. The first kappa shape index (κ1) is 22.7. The van der Waals surface area contributed by atoms with E-state index >= 15 is 0 Å². The molecule has 168 valence electrons. The number of carbonyl (C=O) groups excluding carboxylic acids is 2. The van der Waals surface area contributed by atoms with E-state index in [1.165, 1.54) is 7.11 Å². The summed E-state index contributed by atoms with van der Waals surface area (Å²) < 4.78 is 27.1. The van der Waals surface area contributed by atoms with Crippen LogP contribution in [0.4, 0.5) is 0 Å². The van der Waals surface area contributed by atoms with Gasteiger partial charge in [0.2, 0.25) is 5.90 Å². The molecule has 1 aliphatic rings. The lowest BCUT2D eigenvalue weighted by Crippen LogP contribution is -2.20. The van der Waals surface area contributed by atoms with Crippen LogP contribution in [0, 0.1) is 0 Å². The molecule has 1 amide bonds. The Morgan fingerprint density at radius 3 is 2.38 bits per heavy atom. The second-order valence-electron chi connectivity index (χ2n) is 6.53. The molecule has 0 aliphatic carbocycles. The SMILES string of the molecule is CCOc1ccc(C2=N/C(=C\c3ccc(OCC(N)=O)c(OC)c3)C(=O)O2)cc1OCC. The van der Waals surface area contributed by atoms with Crippen molar-refractivity contribution in [2.75, 3.05) is 26.9 Å². The number of primary amides is 1. The molecule has 3 rings (SSSR count). The molecule has 2 aromatic carbocycles. The Morgan fingerprint density at radius 1 is 1.00 bits per heavy atom. The molecule has 1 aliphatic heterocycles. The van der Waals surface area contributed by atoms with Crippen LogP contribution in [0.15, 0.2) is 47.1 Å². The predicted molar refractivity (Wildman–Crippen MR) is 117 cm³/mol. The van der Waals surface area contributed by atoms with Gasteiger partial charge < -0.3 is 29.4 Å². The quantitative estimate of drug-likeness (QED) is 0.446. The highest BCUT2D eigenvalue weighted by molar-refractivity contribution is 6.13. The Labute approximate surface area is 185 Å². The molecule has 0 fully saturated rings. The summed E-state index contributed by atoms with van der Waals surface area (Å²) in [5.41, 5.74) is 6.44. The van der Waals surface area contributed by atoms with Crippen molar-refractivity contribution >= 4 is 23.9 Å². The highest BCUT2D eigenvalue weighted by atomic mass is 16.6. The molecule has 2 N–H and O–H groups in total. The van der Waals surface area contributed by atoms with Gasteiger partial charge in [-0.3, -0.25) is 4.79 Å². The van der Waals surface area contributed by atoms with Gasteiger partial charge in [0.1, 0.15) is 0 Å². The number of hydrogen-bond acceptors (Lipinski definition) is 8. The number of hydrogen-bond donors (Lipinski definition) is 1. The zero-order valence-corrected chi connectivity index (χ0v) is 18.0. The molecule has 0 radical (unpaired) electrons. The zero-order valence-electron chi connectivity index (χ0n) is 18.0. The van der Waals surface area contributed by atoms with Gasteiger partial charge in [0.25, 0.3) is 5.91 Å². The maximum absolute atomic E-state index is 12.4. The van der Waals surface area contributed by atoms with Gasteiger partial charge in [0, 0.05) is 5.56 Å². The Bertz CT molecular complexity index is 1080. The van der Waals surface area contributed by atoms with Crippen molar-refractivity contribution in [2.24, 2.45) is 10.7 Å². The number of amides is 1. The maximum atomic E-state index is 12.4. The number of aliphatic imine (C=N–C) groups is 1. The number of cyclic esters (lactones) is 1. The normalized spacial score (nSPS) is 14.0. The molecule has 1 heterocycles. The van der Waals surface area contributed by atoms with Crippen LogP contribution in [0.5, 0.6) is 23.0 Å². The summed E-state index contributed by atoms with van der Waals surface area (Å²) in [4.78, 5) is 27.6. The van der Waals surface area contributed by atoms with Gasteiger partial charge in [-0.15, -0.1) is 0 Å². The molecule has 0 saturated heterocycles. The number of rotatable bonds is 10. The monoisotopic (exact) mass is 440 g/mol. The lowest BCUT2D eigenvalue weighted by Gasteiger charge is -2.11. The number of esters is 1. The molecule has 32 heavy (non-hydrogen) atoms. The highest BCUT2D eigenvalue weighted by Gasteiger charge is 2.25. The summed E-state index contributed by atoms with van der Waals surface area (Å²) in [6.07, 6.45) is 1.56. The minimum atomic E-state index is -0.601. The third-order valence-electron chi connectivity index (χ3n) is 4.27. The van der Waals surface area contributed by atoms with E-state index in [1.807, 2.05) is 13.8 Å². The van der Waals surface area contributed by atoms with Crippen LogP contribution in [0.3, 0.4) is 0 Å². The number of benzene rings is 2. The first-order valence-corrected chi connectivity index (χ1v) is 9.96. The first-order chi connectivity index (χ1) is 15.4. The fraction of sp³-hybridized carbons (Fsp3) is 0.261.